The Balaban J connectivity index is 2.27. The van der Waals surface area contributed by atoms with Gasteiger partial charge in [-0.3, -0.25) is 0 Å². The van der Waals surface area contributed by atoms with Crippen molar-refractivity contribution in [2.24, 2.45) is 11.1 Å². The molecule has 0 amide bonds. The first-order valence-corrected chi connectivity index (χ1v) is 5.33. The van der Waals surface area contributed by atoms with Gasteiger partial charge in [0.1, 0.15) is 0 Å². The van der Waals surface area contributed by atoms with Crippen LogP contribution in [0.25, 0.3) is 0 Å². The molecule has 0 spiro atoms. The maximum Gasteiger partial charge on any atom is 0.471 e. The van der Waals surface area contributed by atoms with E-state index in [1.807, 2.05) is 13.8 Å². The van der Waals surface area contributed by atoms with Gasteiger partial charge in [-0.05, 0) is 24.7 Å². The lowest BCUT2D eigenvalue weighted by Crippen LogP contribution is -2.36. The lowest BCUT2D eigenvalue weighted by molar-refractivity contribution is -0.159. The van der Waals surface area contributed by atoms with Gasteiger partial charge >= 0.3 is 12.1 Å². The molecule has 1 aromatic heterocycles. The van der Waals surface area contributed by atoms with Crippen LogP contribution < -0.4 is 5.73 Å². The SMILES string of the molecule is CC1(C)CCC(N)(c2noc(C(F)(F)F)n2)C1. The van der Waals surface area contributed by atoms with E-state index >= 15 is 0 Å². The Morgan fingerprint density at radius 3 is 2.35 bits per heavy atom. The second-order valence-electron chi connectivity index (χ2n) is 5.42. The minimum absolute atomic E-state index is 0.00617. The summed E-state index contributed by atoms with van der Waals surface area (Å²) in [6.07, 6.45) is -2.66. The van der Waals surface area contributed by atoms with Gasteiger partial charge in [0, 0.05) is 0 Å². The van der Waals surface area contributed by atoms with Gasteiger partial charge in [-0.2, -0.15) is 18.2 Å². The van der Waals surface area contributed by atoms with Crippen LogP contribution in [0.3, 0.4) is 0 Å². The molecule has 0 aliphatic heterocycles. The molecule has 0 bridgehead atoms. The van der Waals surface area contributed by atoms with Crippen LogP contribution in [0.2, 0.25) is 0 Å². The van der Waals surface area contributed by atoms with Gasteiger partial charge in [-0.15, -0.1) is 0 Å². The van der Waals surface area contributed by atoms with Crippen molar-refractivity contribution in [3.05, 3.63) is 11.7 Å². The molecule has 4 nitrogen and oxygen atoms in total. The summed E-state index contributed by atoms with van der Waals surface area (Å²) in [5.41, 5.74) is 5.15. The van der Waals surface area contributed by atoms with Gasteiger partial charge in [0.15, 0.2) is 5.82 Å². The standard InChI is InChI=1S/C10H14F3N3O/c1-8(2)3-4-9(14,5-8)6-15-7(17-16-6)10(11,12)13/h3-5,14H2,1-2H3. The van der Waals surface area contributed by atoms with Crippen LogP contribution in [0.1, 0.15) is 44.8 Å². The molecule has 1 aromatic rings. The van der Waals surface area contributed by atoms with Crippen LogP contribution >= 0.6 is 0 Å². The summed E-state index contributed by atoms with van der Waals surface area (Å²) in [7, 11) is 0. The Labute approximate surface area is 96.4 Å². The second-order valence-corrected chi connectivity index (χ2v) is 5.42. The van der Waals surface area contributed by atoms with E-state index in [0.717, 1.165) is 6.42 Å². The van der Waals surface area contributed by atoms with Gasteiger partial charge in [-0.1, -0.05) is 19.0 Å². The largest absolute Gasteiger partial charge is 0.471 e. The maximum atomic E-state index is 12.3. The zero-order chi connectivity index (χ0) is 12.9. The Bertz CT molecular complexity index is 427. The smallest absolute Gasteiger partial charge is 0.329 e. The fourth-order valence-electron chi connectivity index (χ4n) is 2.32. The van der Waals surface area contributed by atoms with E-state index in [0.29, 0.717) is 12.8 Å². The summed E-state index contributed by atoms with van der Waals surface area (Å²) in [5, 5.41) is 3.37. The van der Waals surface area contributed by atoms with Crippen molar-refractivity contribution in [2.45, 2.75) is 44.8 Å². The molecule has 1 aliphatic rings. The first kappa shape index (κ1) is 12.3. The third kappa shape index (κ3) is 2.29. The predicted molar refractivity (Wildman–Crippen MR) is 52.8 cm³/mol. The average Bonchev–Trinajstić information content (AvgIpc) is 2.70. The molecule has 17 heavy (non-hydrogen) atoms. The van der Waals surface area contributed by atoms with Gasteiger partial charge in [0.05, 0.1) is 5.54 Å². The quantitative estimate of drug-likeness (QED) is 0.830. The summed E-state index contributed by atoms with van der Waals surface area (Å²) in [6.45, 7) is 4.04. The third-order valence-corrected chi connectivity index (χ3v) is 3.16. The highest BCUT2D eigenvalue weighted by atomic mass is 19.4. The summed E-state index contributed by atoms with van der Waals surface area (Å²) < 4.78 is 41.2. The Morgan fingerprint density at radius 2 is 1.94 bits per heavy atom. The van der Waals surface area contributed by atoms with Crippen molar-refractivity contribution < 1.29 is 17.7 Å². The predicted octanol–water partition coefficient (Wildman–Crippen LogP) is 2.45. The van der Waals surface area contributed by atoms with E-state index in [9.17, 15) is 13.2 Å². The van der Waals surface area contributed by atoms with Gasteiger partial charge < -0.3 is 10.3 Å². The molecular weight excluding hydrogens is 235 g/mol. The highest BCUT2D eigenvalue weighted by Crippen LogP contribution is 2.46. The number of aromatic nitrogens is 2. The van der Waals surface area contributed by atoms with Crippen LogP contribution in [0.5, 0.6) is 0 Å². The highest BCUT2D eigenvalue weighted by molar-refractivity contribution is 5.10. The van der Waals surface area contributed by atoms with E-state index in [1.54, 1.807) is 0 Å². The number of nitrogens with two attached hydrogens (primary N) is 1. The molecule has 96 valence electrons. The molecule has 0 saturated heterocycles. The van der Waals surface area contributed by atoms with E-state index in [4.69, 9.17) is 5.73 Å². The lowest BCUT2D eigenvalue weighted by atomic mass is 9.88. The fourth-order valence-corrected chi connectivity index (χ4v) is 2.32. The number of hydrogen-bond donors (Lipinski definition) is 1. The number of rotatable bonds is 1. The zero-order valence-corrected chi connectivity index (χ0v) is 9.64. The van der Waals surface area contributed by atoms with E-state index in [2.05, 4.69) is 14.7 Å². The molecule has 2 rings (SSSR count). The summed E-state index contributed by atoms with van der Waals surface area (Å²) >= 11 is 0. The molecule has 1 fully saturated rings. The molecule has 1 aliphatic carbocycles. The third-order valence-electron chi connectivity index (χ3n) is 3.16. The first-order valence-electron chi connectivity index (χ1n) is 5.33. The topological polar surface area (TPSA) is 64.9 Å². The molecule has 0 aromatic carbocycles. The van der Waals surface area contributed by atoms with Crippen molar-refractivity contribution in [3.8, 4) is 0 Å². The minimum atomic E-state index is -4.62. The van der Waals surface area contributed by atoms with Crippen LogP contribution in [0, 0.1) is 5.41 Å². The van der Waals surface area contributed by atoms with Gasteiger partial charge in [0.25, 0.3) is 0 Å². The number of alkyl halides is 3. The van der Waals surface area contributed by atoms with Crippen molar-refractivity contribution in [1.82, 2.24) is 10.1 Å². The van der Waals surface area contributed by atoms with Crippen LogP contribution in [0.4, 0.5) is 13.2 Å². The normalized spacial score (nSPS) is 28.6. The summed E-state index contributed by atoms with van der Waals surface area (Å²) in [4.78, 5) is 3.37. The lowest BCUT2D eigenvalue weighted by Gasteiger charge is -2.22. The Kier molecular flexibility index (Phi) is 2.50. The molecule has 1 heterocycles. The zero-order valence-electron chi connectivity index (χ0n) is 9.64. The maximum absolute atomic E-state index is 12.3. The van der Waals surface area contributed by atoms with Gasteiger partial charge in [-0.25, -0.2) is 0 Å². The molecule has 0 radical (unpaired) electrons. The molecule has 7 heteroatoms. The number of halogens is 3. The van der Waals surface area contributed by atoms with E-state index in [1.165, 1.54) is 0 Å². The Morgan fingerprint density at radius 1 is 1.29 bits per heavy atom. The summed E-state index contributed by atoms with van der Waals surface area (Å²) in [5.74, 6) is -1.38. The average molecular weight is 249 g/mol. The van der Waals surface area contributed by atoms with Crippen LogP contribution in [-0.4, -0.2) is 10.1 Å². The van der Waals surface area contributed by atoms with E-state index in [-0.39, 0.29) is 11.2 Å². The number of hydrogen-bond acceptors (Lipinski definition) is 4. The molecule has 1 unspecified atom stereocenters. The molecule has 1 saturated carbocycles. The van der Waals surface area contributed by atoms with Crippen molar-refractivity contribution in [2.75, 3.05) is 0 Å². The van der Waals surface area contributed by atoms with E-state index < -0.39 is 17.6 Å². The second kappa shape index (κ2) is 3.44. The molecule has 2 N–H and O–H groups in total. The minimum Gasteiger partial charge on any atom is -0.329 e. The monoisotopic (exact) mass is 249 g/mol. The van der Waals surface area contributed by atoms with Gasteiger partial charge in [0.2, 0.25) is 0 Å². The summed E-state index contributed by atoms with van der Waals surface area (Å²) in [6, 6.07) is 0. The first-order chi connectivity index (χ1) is 7.62. The molecular formula is C10H14F3N3O. The molecule has 1 atom stereocenters. The van der Waals surface area contributed by atoms with Crippen LogP contribution in [-0.2, 0) is 11.7 Å². The van der Waals surface area contributed by atoms with Crippen molar-refractivity contribution in [1.29, 1.82) is 0 Å². The number of nitrogens with zero attached hydrogens (tertiary/aromatic N) is 2. The fraction of sp³-hybridized carbons (Fsp3) is 0.800. The van der Waals surface area contributed by atoms with Crippen molar-refractivity contribution >= 4 is 0 Å². The van der Waals surface area contributed by atoms with Crippen molar-refractivity contribution in [3.63, 3.8) is 0 Å². The Hall–Kier alpha value is -1.11. The highest BCUT2D eigenvalue weighted by Gasteiger charge is 2.47. The van der Waals surface area contributed by atoms with Crippen LogP contribution in [0.15, 0.2) is 4.52 Å².